The Hall–Kier alpha value is -3.23. The predicted octanol–water partition coefficient (Wildman–Crippen LogP) is 3.79. The van der Waals surface area contributed by atoms with E-state index in [2.05, 4.69) is 25.6 Å². The van der Waals surface area contributed by atoms with Crippen LogP contribution in [0.5, 0.6) is 0 Å². The summed E-state index contributed by atoms with van der Waals surface area (Å²) in [6.07, 6.45) is -5.25. The summed E-state index contributed by atoms with van der Waals surface area (Å²) in [6.45, 7) is 1.52. The van der Waals surface area contributed by atoms with Gasteiger partial charge < -0.3 is 30.5 Å². The van der Waals surface area contributed by atoms with E-state index in [1.807, 2.05) is 24.3 Å². The molecule has 2 fully saturated rings. The fourth-order valence-corrected chi connectivity index (χ4v) is 6.01. The minimum atomic E-state index is -4.47. The molecule has 1 aliphatic carbocycles. The van der Waals surface area contributed by atoms with Crippen LogP contribution in [0.25, 0.3) is 20.8 Å². The van der Waals surface area contributed by atoms with Gasteiger partial charge in [-0.15, -0.1) is 11.3 Å². The van der Waals surface area contributed by atoms with Gasteiger partial charge in [-0.3, -0.25) is 0 Å². The molecule has 0 bridgehead atoms. The topological polar surface area (TPSA) is 133 Å². The Kier molecular flexibility index (Phi) is 7.78. The van der Waals surface area contributed by atoms with Gasteiger partial charge in [0, 0.05) is 19.0 Å². The molecular weight excluding hydrogens is 537 g/mol. The van der Waals surface area contributed by atoms with Crippen molar-refractivity contribution in [3.05, 3.63) is 30.0 Å². The highest BCUT2D eigenvalue weighted by molar-refractivity contribution is 7.21. The summed E-state index contributed by atoms with van der Waals surface area (Å²) in [5, 5.41) is 27.4. The second-order valence-corrected chi connectivity index (χ2v) is 10.8. The van der Waals surface area contributed by atoms with E-state index >= 15 is 0 Å². The minimum Gasteiger partial charge on any atom is -0.449 e. The van der Waals surface area contributed by atoms with E-state index < -0.39 is 43.0 Å². The summed E-state index contributed by atoms with van der Waals surface area (Å²) in [7, 11) is 0. The Bertz CT molecular complexity index is 1300. The number of anilines is 2. The first kappa shape index (κ1) is 27.3. The highest BCUT2D eigenvalue weighted by atomic mass is 32.1. The number of halogens is 3. The molecule has 2 aromatic heterocycles. The number of carbonyl (C=O) groups is 1. The number of hydrogen-bond acceptors (Lipinski definition) is 10. The standard InChI is InChI=1S/C25H29F3N6O4S/c1-13-18(22-32-15-6-2-3-7-17(15)39-22)21(33-23(30-13)29-12-25(26,27)28)31-16-10-14(19(35)20(16)36)11-38-24(37)34-8-4-5-9-34/h2-3,6-7,14,16,19-20,35-36H,4-5,8-12H2,1H3,(H2,29,30,31,33)/t14-,16-,19-,20+/m1/s1. The maximum atomic E-state index is 12.9. The lowest BCUT2D eigenvalue weighted by molar-refractivity contribution is -0.115. The normalized spacial score (nSPS) is 23.4. The van der Waals surface area contributed by atoms with Gasteiger partial charge in [-0.1, -0.05) is 12.1 Å². The van der Waals surface area contributed by atoms with Gasteiger partial charge in [-0.05, 0) is 38.3 Å². The molecular formula is C25H29F3N6O4S. The van der Waals surface area contributed by atoms with E-state index in [9.17, 15) is 28.2 Å². The number of thiazole rings is 1. The second-order valence-electron chi connectivity index (χ2n) is 9.81. The van der Waals surface area contributed by atoms with E-state index in [1.165, 1.54) is 11.3 Å². The van der Waals surface area contributed by atoms with Crippen LogP contribution in [0.1, 0.15) is 25.0 Å². The van der Waals surface area contributed by atoms with Crippen molar-refractivity contribution in [2.45, 2.75) is 50.6 Å². The number of likely N-dealkylation sites (tertiary alicyclic amines) is 1. The third kappa shape index (κ3) is 6.17. The zero-order valence-corrected chi connectivity index (χ0v) is 21.9. The molecule has 2 aliphatic rings. The Morgan fingerprint density at radius 2 is 1.90 bits per heavy atom. The number of nitrogens with one attached hydrogen (secondary N) is 2. The summed E-state index contributed by atoms with van der Waals surface area (Å²) >= 11 is 1.38. The van der Waals surface area contributed by atoms with Crippen LogP contribution in [0.4, 0.5) is 29.7 Å². The number of aryl methyl sites for hydroxylation is 1. The molecule has 5 rings (SSSR count). The monoisotopic (exact) mass is 566 g/mol. The smallest absolute Gasteiger partial charge is 0.409 e. The Morgan fingerprint density at radius 1 is 1.15 bits per heavy atom. The molecule has 0 spiro atoms. The maximum Gasteiger partial charge on any atom is 0.409 e. The van der Waals surface area contributed by atoms with Gasteiger partial charge in [0.2, 0.25) is 5.95 Å². The molecule has 1 aromatic carbocycles. The molecule has 3 aromatic rings. The molecule has 1 amide bonds. The average Bonchev–Trinajstić information content (AvgIpc) is 3.62. The zero-order valence-electron chi connectivity index (χ0n) is 21.1. The van der Waals surface area contributed by atoms with Crippen LogP contribution in [-0.4, -0.2) is 86.8 Å². The summed E-state index contributed by atoms with van der Waals surface area (Å²) < 4.78 is 44.9. The molecule has 3 heterocycles. The van der Waals surface area contributed by atoms with E-state index in [-0.39, 0.29) is 24.8 Å². The van der Waals surface area contributed by atoms with Crippen LogP contribution < -0.4 is 10.6 Å². The largest absolute Gasteiger partial charge is 0.449 e. The highest BCUT2D eigenvalue weighted by Crippen LogP contribution is 2.38. The van der Waals surface area contributed by atoms with Gasteiger partial charge in [-0.25, -0.2) is 14.8 Å². The van der Waals surface area contributed by atoms with Gasteiger partial charge >= 0.3 is 12.3 Å². The lowest BCUT2D eigenvalue weighted by Gasteiger charge is -2.21. The van der Waals surface area contributed by atoms with Crippen LogP contribution in [0.15, 0.2) is 24.3 Å². The second kappa shape index (κ2) is 11.1. The first-order valence-electron chi connectivity index (χ1n) is 12.7. The number of benzene rings is 1. The molecule has 4 atom stereocenters. The molecule has 1 aliphatic heterocycles. The van der Waals surface area contributed by atoms with Crippen molar-refractivity contribution in [2.75, 3.05) is 36.9 Å². The Balaban J connectivity index is 1.39. The molecule has 4 N–H and O–H groups in total. The van der Waals surface area contributed by atoms with Crippen molar-refractivity contribution in [3.63, 3.8) is 0 Å². The molecule has 0 radical (unpaired) electrons. The molecule has 210 valence electrons. The quantitative estimate of drug-likeness (QED) is 0.337. The Morgan fingerprint density at radius 3 is 2.62 bits per heavy atom. The van der Waals surface area contributed by atoms with Crippen LogP contribution in [-0.2, 0) is 4.74 Å². The SMILES string of the molecule is Cc1nc(NCC(F)(F)F)nc(N[C@@H]2C[C@H](COC(=O)N3CCCC3)[C@@H](O)[C@H]2O)c1-c1nc2ccccc2s1. The van der Waals surface area contributed by atoms with E-state index in [4.69, 9.17) is 4.74 Å². The van der Waals surface area contributed by atoms with E-state index in [0.717, 1.165) is 23.1 Å². The fraction of sp³-hybridized carbons (Fsp3) is 0.520. The number of rotatable bonds is 7. The van der Waals surface area contributed by atoms with Gasteiger partial charge in [-0.2, -0.15) is 18.2 Å². The average molecular weight is 567 g/mol. The number of para-hydroxylation sites is 1. The number of amides is 1. The minimum absolute atomic E-state index is 0.0718. The van der Waals surface area contributed by atoms with Gasteiger partial charge in [0.05, 0.1) is 40.2 Å². The summed E-state index contributed by atoms with van der Waals surface area (Å²) in [5.41, 5.74) is 1.62. The van der Waals surface area contributed by atoms with Crippen LogP contribution in [0.2, 0.25) is 0 Å². The highest BCUT2D eigenvalue weighted by Gasteiger charge is 2.43. The van der Waals surface area contributed by atoms with Crippen molar-refractivity contribution < 1.29 is 32.9 Å². The number of aromatic nitrogens is 3. The summed E-state index contributed by atoms with van der Waals surface area (Å²) in [4.78, 5) is 27.1. The summed E-state index contributed by atoms with van der Waals surface area (Å²) in [5.74, 6) is -0.598. The molecule has 0 unspecified atom stereocenters. The first-order valence-corrected chi connectivity index (χ1v) is 13.5. The van der Waals surface area contributed by atoms with E-state index in [1.54, 1.807) is 11.8 Å². The molecule has 1 saturated heterocycles. The number of alkyl halides is 3. The number of carbonyl (C=O) groups excluding carboxylic acids is 1. The Labute approximate surface area is 226 Å². The number of nitrogens with zero attached hydrogens (tertiary/aromatic N) is 4. The lowest BCUT2D eigenvalue weighted by atomic mass is 10.1. The van der Waals surface area contributed by atoms with Crippen molar-refractivity contribution in [1.29, 1.82) is 0 Å². The number of aliphatic hydroxyl groups excluding tert-OH is 2. The third-order valence-electron chi connectivity index (χ3n) is 6.95. The molecule has 14 heteroatoms. The summed E-state index contributed by atoms with van der Waals surface area (Å²) in [6, 6.07) is 6.77. The third-order valence-corrected chi connectivity index (χ3v) is 8.01. The van der Waals surface area contributed by atoms with Gasteiger partial charge in [0.1, 0.15) is 23.5 Å². The van der Waals surface area contributed by atoms with E-state index in [0.29, 0.717) is 29.4 Å². The van der Waals surface area contributed by atoms with Crippen molar-refractivity contribution in [3.8, 4) is 10.6 Å². The lowest BCUT2D eigenvalue weighted by Crippen LogP contribution is -2.36. The van der Waals surface area contributed by atoms with Gasteiger partial charge in [0.25, 0.3) is 0 Å². The first-order chi connectivity index (χ1) is 18.6. The number of fused-ring (bicyclic) bond motifs is 1. The number of aliphatic hydroxyl groups is 2. The van der Waals surface area contributed by atoms with Crippen LogP contribution in [0, 0.1) is 12.8 Å². The maximum absolute atomic E-state index is 12.9. The van der Waals surface area contributed by atoms with Crippen molar-refractivity contribution >= 4 is 39.4 Å². The van der Waals surface area contributed by atoms with Crippen LogP contribution >= 0.6 is 11.3 Å². The predicted molar refractivity (Wildman–Crippen MR) is 140 cm³/mol. The van der Waals surface area contributed by atoms with Crippen molar-refractivity contribution in [2.24, 2.45) is 5.92 Å². The molecule has 1 saturated carbocycles. The van der Waals surface area contributed by atoms with Gasteiger partial charge in [0.15, 0.2) is 0 Å². The number of hydrogen-bond donors (Lipinski definition) is 4. The number of ether oxygens (including phenoxy) is 1. The zero-order chi connectivity index (χ0) is 27.7. The van der Waals surface area contributed by atoms with Crippen LogP contribution in [0.3, 0.4) is 0 Å². The van der Waals surface area contributed by atoms with Crippen molar-refractivity contribution in [1.82, 2.24) is 19.9 Å². The fourth-order valence-electron chi connectivity index (χ4n) is 4.95. The molecule has 39 heavy (non-hydrogen) atoms. The molecule has 10 nitrogen and oxygen atoms in total.